The minimum absolute atomic E-state index is 0.0328. The first-order valence-corrected chi connectivity index (χ1v) is 13.9. The van der Waals surface area contributed by atoms with E-state index in [0.717, 1.165) is 5.56 Å². The Morgan fingerprint density at radius 3 is 2.22 bits per heavy atom. The van der Waals surface area contributed by atoms with Crippen LogP contribution in [0.2, 0.25) is 0 Å². The fraction of sp³-hybridized carbons (Fsp3) is 0.346. The number of amides is 2. The number of aromatic nitrogens is 1. The van der Waals surface area contributed by atoms with Gasteiger partial charge >= 0.3 is 0 Å². The molecule has 10 heteroatoms. The normalized spacial score (nSPS) is 12.0. The number of hydrogen-bond acceptors (Lipinski definition) is 6. The van der Waals surface area contributed by atoms with Gasteiger partial charge in [0.1, 0.15) is 5.01 Å². The standard InChI is InChI=1S/C26H32N4O4S2/c1-16(2)13-24(32)29-19-9-7-18(8-10-19)25-27-15-22(35-25)21-12-11-20(28-17(3)31)14-23(21)36(33,34)30-26(4,5)6/h7-12,14-16,30H,13H2,1-6H3,(H,28,31)(H,29,32). The van der Waals surface area contributed by atoms with Crippen LogP contribution in [0.1, 0.15) is 48.0 Å². The molecule has 8 nitrogen and oxygen atoms in total. The summed E-state index contributed by atoms with van der Waals surface area (Å²) in [6.45, 7) is 10.6. The van der Waals surface area contributed by atoms with Gasteiger partial charge < -0.3 is 10.6 Å². The van der Waals surface area contributed by atoms with E-state index in [4.69, 9.17) is 0 Å². The Bertz CT molecular complexity index is 1360. The molecule has 0 atom stereocenters. The van der Waals surface area contributed by atoms with E-state index in [2.05, 4.69) is 20.3 Å². The smallest absolute Gasteiger partial charge is 0.241 e. The number of rotatable bonds is 8. The van der Waals surface area contributed by atoms with E-state index in [-0.39, 0.29) is 22.6 Å². The summed E-state index contributed by atoms with van der Waals surface area (Å²) in [5.74, 6) is -0.0500. The maximum absolute atomic E-state index is 13.3. The number of carbonyl (C=O) groups excluding carboxylic acids is 2. The molecule has 1 heterocycles. The Labute approximate surface area is 216 Å². The van der Waals surface area contributed by atoms with Gasteiger partial charge in [0, 0.05) is 47.6 Å². The van der Waals surface area contributed by atoms with E-state index in [9.17, 15) is 18.0 Å². The van der Waals surface area contributed by atoms with Crippen LogP contribution in [0.15, 0.2) is 53.6 Å². The Balaban J connectivity index is 1.94. The van der Waals surface area contributed by atoms with Crippen molar-refractivity contribution in [2.24, 2.45) is 5.92 Å². The molecule has 3 N–H and O–H groups in total. The van der Waals surface area contributed by atoms with Gasteiger partial charge in [0.05, 0.1) is 9.77 Å². The largest absolute Gasteiger partial charge is 0.326 e. The Morgan fingerprint density at radius 1 is 1.00 bits per heavy atom. The summed E-state index contributed by atoms with van der Waals surface area (Å²) >= 11 is 1.36. The molecule has 0 fully saturated rings. The van der Waals surface area contributed by atoms with Gasteiger partial charge in [-0.25, -0.2) is 18.1 Å². The Hall–Kier alpha value is -3.08. The van der Waals surface area contributed by atoms with Crippen LogP contribution in [-0.2, 0) is 19.6 Å². The third kappa shape index (κ3) is 7.46. The van der Waals surface area contributed by atoms with Crippen LogP contribution in [-0.4, -0.2) is 30.8 Å². The summed E-state index contributed by atoms with van der Waals surface area (Å²) in [4.78, 5) is 28.8. The van der Waals surface area contributed by atoms with Crippen molar-refractivity contribution in [3.05, 3.63) is 48.7 Å². The summed E-state index contributed by atoms with van der Waals surface area (Å²) < 4.78 is 29.2. The van der Waals surface area contributed by atoms with Crippen LogP contribution in [0.25, 0.3) is 21.0 Å². The predicted molar refractivity (Wildman–Crippen MR) is 145 cm³/mol. The lowest BCUT2D eigenvalue weighted by atomic mass is 10.1. The number of thiazole rings is 1. The summed E-state index contributed by atoms with van der Waals surface area (Å²) in [5.41, 5.74) is 1.74. The lowest BCUT2D eigenvalue weighted by Crippen LogP contribution is -2.40. The second-order valence-electron chi connectivity index (χ2n) is 10.0. The zero-order chi connectivity index (χ0) is 26.7. The van der Waals surface area contributed by atoms with Crippen LogP contribution >= 0.6 is 11.3 Å². The minimum atomic E-state index is -3.90. The van der Waals surface area contributed by atoms with E-state index in [0.29, 0.717) is 33.2 Å². The van der Waals surface area contributed by atoms with Gasteiger partial charge in [-0.05, 0) is 63.1 Å². The van der Waals surface area contributed by atoms with Crippen LogP contribution in [0.4, 0.5) is 11.4 Å². The highest BCUT2D eigenvalue weighted by atomic mass is 32.2. The molecule has 0 aliphatic rings. The van der Waals surface area contributed by atoms with Crippen molar-refractivity contribution in [2.75, 3.05) is 10.6 Å². The van der Waals surface area contributed by atoms with E-state index in [1.54, 1.807) is 39.1 Å². The average molecular weight is 529 g/mol. The number of benzene rings is 2. The molecule has 0 spiro atoms. The highest BCUT2D eigenvalue weighted by Gasteiger charge is 2.26. The lowest BCUT2D eigenvalue weighted by Gasteiger charge is -2.22. The molecule has 3 rings (SSSR count). The summed E-state index contributed by atoms with van der Waals surface area (Å²) in [5, 5.41) is 6.24. The zero-order valence-electron chi connectivity index (χ0n) is 21.3. The highest BCUT2D eigenvalue weighted by Crippen LogP contribution is 2.37. The summed E-state index contributed by atoms with van der Waals surface area (Å²) in [6, 6.07) is 12.2. The van der Waals surface area contributed by atoms with Crippen molar-refractivity contribution in [1.29, 1.82) is 0 Å². The Kier molecular flexibility index (Phi) is 8.33. The molecule has 0 bridgehead atoms. The highest BCUT2D eigenvalue weighted by molar-refractivity contribution is 7.89. The van der Waals surface area contributed by atoms with Crippen molar-refractivity contribution in [3.8, 4) is 21.0 Å². The molecule has 1 aromatic heterocycles. The fourth-order valence-electron chi connectivity index (χ4n) is 3.50. The van der Waals surface area contributed by atoms with E-state index < -0.39 is 15.6 Å². The first-order valence-electron chi connectivity index (χ1n) is 11.6. The van der Waals surface area contributed by atoms with Crippen molar-refractivity contribution < 1.29 is 18.0 Å². The molecular weight excluding hydrogens is 496 g/mol. The minimum Gasteiger partial charge on any atom is -0.326 e. The molecule has 2 aromatic carbocycles. The van der Waals surface area contributed by atoms with Crippen LogP contribution in [0, 0.1) is 5.92 Å². The number of nitrogens with zero attached hydrogens (tertiary/aromatic N) is 1. The fourth-order valence-corrected chi connectivity index (χ4v) is 6.19. The summed E-state index contributed by atoms with van der Waals surface area (Å²) in [7, 11) is -3.90. The van der Waals surface area contributed by atoms with Crippen LogP contribution in [0.3, 0.4) is 0 Å². The monoisotopic (exact) mass is 528 g/mol. The maximum atomic E-state index is 13.3. The number of carbonyl (C=O) groups is 2. The van der Waals surface area contributed by atoms with Crippen LogP contribution < -0.4 is 15.4 Å². The van der Waals surface area contributed by atoms with Gasteiger partial charge in [0.15, 0.2) is 0 Å². The molecule has 3 aromatic rings. The molecule has 0 radical (unpaired) electrons. The molecular formula is C26H32N4O4S2. The zero-order valence-corrected chi connectivity index (χ0v) is 22.9. The van der Waals surface area contributed by atoms with Crippen LogP contribution in [0.5, 0.6) is 0 Å². The second-order valence-corrected chi connectivity index (χ2v) is 12.7. The van der Waals surface area contributed by atoms with Crippen molar-refractivity contribution in [1.82, 2.24) is 9.71 Å². The molecule has 192 valence electrons. The average Bonchev–Trinajstić information content (AvgIpc) is 3.21. The van der Waals surface area contributed by atoms with Gasteiger partial charge in [-0.2, -0.15) is 0 Å². The number of anilines is 2. The third-order valence-electron chi connectivity index (χ3n) is 4.81. The number of hydrogen-bond donors (Lipinski definition) is 3. The van der Waals surface area contributed by atoms with Gasteiger partial charge in [-0.15, -0.1) is 11.3 Å². The van der Waals surface area contributed by atoms with Crippen molar-refractivity contribution >= 4 is 44.5 Å². The van der Waals surface area contributed by atoms with Crippen molar-refractivity contribution in [2.45, 2.75) is 58.4 Å². The molecule has 0 saturated carbocycles. The quantitative estimate of drug-likeness (QED) is 0.357. The number of sulfonamides is 1. The van der Waals surface area contributed by atoms with E-state index in [1.165, 1.54) is 24.3 Å². The van der Waals surface area contributed by atoms with Crippen molar-refractivity contribution in [3.63, 3.8) is 0 Å². The van der Waals surface area contributed by atoms with E-state index in [1.807, 2.05) is 38.1 Å². The second kappa shape index (κ2) is 10.9. The summed E-state index contributed by atoms with van der Waals surface area (Å²) in [6.07, 6.45) is 2.09. The topological polar surface area (TPSA) is 117 Å². The first kappa shape index (κ1) is 27.5. The molecule has 0 aliphatic carbocycles. The maximum Gasteiger partial charge on any atom is 0.241 e. The molecule has 0 aliphatic heterocycles. The molecule has 0 saturated heterocycles. The van der Waals surface area contributed by atoms with Gasteiger partial charge in [0.25, 0.3) is 0 Å². The number of nitrogens with one attached hydrogen (secondary N) is 3. The first-order chi connectivity index (χ1) is 16.7. The molecule has 36 heavy (non-hydrogen) atoms. The predicted octanol–water partition coefficient (Wildman–Crippen LogP) is 5.50. The SMILES string of the molecule is CC(=O)Nc1ccc(-c2cnc(-c3ccc(NC(=O)CC(C)C)cc3)s2)c(S(=O)(=O)NC(C)(C)C)c1. The molecule has 2 amide bonds. The third-order valence-corrected chi connectivity index (χ3v) is 7.69. The molecule has 0 unspecified atom stereocenters. The Morgan fingerprint density at radius 2 is 1.64 bits per heavy atom. The van der Waals surface area contributed by atoms with E-state index >= 15 is 0 Å². The lowest BCUT2D eigenvalue weighted by molar-refractivity contribution is -0.117. The van der Waals surface area contributed by atoms with Gasteiger partial charge in [-0.1, -0.05) is 19.9 Å². The van der Waals surface area contributed by atoms with Gasteiger partial charge in [-0.3, -0.25) is 9.59 Å². The van der Waals surface area contributed by atoms with Gasteiger partial charge in [0.2, 0.25) is 21.8 Å².